The summed E-state index contributed by atoms with van der Waals surface area (Å²) >= 11 is 3.59. The standard InChI is InChI=1S/C15H18BrN3O/c1-10-4-2-6-12(14(10)16)15-18-13(19-20-15)8-11-5-3-7-17-9-11/h2,4,6,11,17H,3,5,7-9H2,1H3. The molecule has 1 fully saturated rings. The van der Waals surface area contributed by atoms with Gasteiger partial charge in [-0.3, -0.25) is 0 Å². The van der Waals surface area contributed by atoms with Gasteiger partial charge in [0.1, 0.15) is 0 Å². The highest BCUT2D eigenvalue weighted by molar-refractivity contribution is 9.10. The Balaban J connectivity index is 1.77. The number of halogens is 1. The fraction of sp³-hybridized carbons (Fsp3) is 0.467. The van der Waals surface area contributed by atoms with Crippen LogP contribution in [0.3, 0.4) is 0 Å². The summed E-state index contributed by atoms with van der Waals surface area (Å²) in [5, 5.41) is 7.54. The first-order valence-electron chi connectivity index (χ1n) is 7.03. The average molecular weight is 336 g/mol. The van der Waals surface area contributed by atoms with Crippen LogP contribution in [0.2, 0.25) is 0 Å². The lowest BCUT2D eigenvalue weighted by atomic mass is 9.96. The molecule has 1 unspecified atom stereocenters. The van der Waals surface area contributed by atoms with E-state index in [1.165, 1.54) is 18.4 Å². The maximum Gasteiger partial charge on any atom is 0.259 e. The van der Waals surface area contributed by atoms with Crippen molar-refractivity contribution < 1.29 is 4.52 Å². The number of hydrogen-bond acceptors (Lipinski definition) is 4. The van der Waals surface area contributed by atoms with E-state index >= 15 is 0 Å². The topological polar surface area (TPSA) is 51.0 Å². The van der Waals surface area contributed by atoms with E-state index in [1.807, 2.05) is 12.1 Å². The highest BCUT2D eigenvalue weighted by Gasteiger charge is 2.18. The van der Waals surface area contributed by atoms with Crippen LogP contribution in [0, 0.1) is 12.8 Å². The molecule has 1 aromatic carbocycles. The van der Waals surface area contributed by atoms with Crippen LogP contribution in [0.15, 0.2) is 27.2 Å². The smallest absolute Gasteiger partial charge is 0.259 e. The van der Waals surface area contributed by atoms with Crippen molar-refractivity contribution in [1.29, 1.82) is 0 Å². The van der Waals surface area contributed by atoms with Gasteiger partial charge in [0.2, 0.25) is 0 Å². The van der Waals surface area contributed by atoms with Gasteiger partial charge in [0.25, 0.3) is 5.89 Å². The lowest BCUT2D eigenvalue weighted by Gasteiger charge is -2.20. The second-order valence-electron chi connectivity index (χ2n) is 5.37. The number of piperidine rings is 1. The van der Waals surface area contributed by atoms with Gasteiger partial charge in [0, 0.05) is 10.9 Å². The minimum Gasteiger partial charge on any atom is -0.334 e. The predicted molar refractivity (Wildman–Crippen MR) is 81.5 cm³/mol. The number of hydrogen-bond donors (Lipinski definition) is 1. The van der Waals surface area contributed by atoms with E-state index in [4.69, 9.17) is 4.52 Å². The van der Waals surface area contributed by atoms with Gasteiger partial charge in [-0.05, 0) is 66.3 Å². The molecule has 1 aromatic heterocycles. The Morgan fingerprint density at radius 1 is 1.45 bits per heavy atom. The second kappa shape index (κ2) is 6.06. The highest BCUT2D eigenvalue weighted by atomic mass is 79.9. The van der Waals surface area contributed by atoms with Gasteiger partial charge in [0.05, 0.1) is 5.56 Å². The van der Waals surface area contributed by atoms with E-state index in [0.717, 1.165) is 35.4 Å². The molecule has 2 heterocycles. The van der Waals surface area contributed by atoms with Crippen LogP contribution in [0.4, 0.5) is 0 Å². The van der Waals surface area contributed by atoms with Gasteiger partial charge in [-0.15, -0.1) is 0 Å². The number of rotatable bonds is 3. The first kappa shape index (κ1) is 13.8. The quantitative estimate of drug-likeness (QED) is 0.934. The van der Waals surface area contributed by atoms with Crippen LogP contribution in [0.5, 0.6) is 0 Å². The molecule has 1 saturated heterocycles. The van der Waals surface area contributed by atoms with Crippen molar-refractivity contribution in [3.8, 4) is 11.5 Å². The summed E-state index contributed by atoms with van der Waals surface area (Å²) in [7, 11) is 0. The van der Waals surface area contributed by atoms with E-state index in [0.29, 0.717) is 11.8 Å². The molecule has 20 heavy (non-hydrogen) atoms. The van der Waals surface area contributed by atoms with Gasteiger partial charge in [-0.1, -0.05) is 17.3 Å². The molecule has 1 atom stereocenters. The first-order valence-corrected chi connectivity index (χ1v) is 7.82. The molecular weight excluding hydrogens is 318 g/mol. The van der Waals surface area contributed by atoms with Gasteiger partial charge in [-0.2, -0.15) is 4.98 Å². The molecule has 5 heteroatoms. The van der Waals surface area contributed by atoms with Crippen LogP contribution in [-0.4, -0.2) is 23.2 Å². The molecule has 106 valence electrons. The van der Waals surface area contributed by atoms with Crippen LogP contribution < -0.4 is 5.32 Å². The average Bonchev–Trinajstić information content (AvgIpc) is 2.91. The monoisotopic (exact) mass is 335 g/mol. The summed E-state index contributed by atoms with van der Waals surface area (Å²) in [6.07, 6.45) is 3.36. The van der Waals surface area contributed by atoms with Crippen molar-refractivity contribution in [2.45, 2.75) is 26.2 Å². The number of benzene rings is 1. The van der Waals surface area contributed by atoms with E-state index in [-0.39, 0.29) is 0 Å². The molecule has 0 spiro atoms. The highest BCUT2D eigenvalue weighted by Crippen LogP contribution is 2.29. The van der Waals surface area contributed by atoms with Gasteiger partial charge in [-0.25, -0.2) is 0 Å². The molecule has 1 aliphatic heterocycles. The van der Waals surface area contributed by atoms with Crippen molar-refractivity contribution >= 4 is 15.9 Å². The zero-order valence-corrected chi connectivity index (χ0v) is 13.1. The summed E-state index contributed by atoms with van der Waals surface area (Å²) in [6.45, 7) is 4.24. The summed E-state index contributed by atoms with van der Waals surface area (Å²) in [4.78, 5) is 4.54. The van der Waals surface area contributed by atoms with Crippen LogP contribution >= 0.6 is 15.9 Å². The number of aromatic nitrogens is 2. The molecule has 0 bridgehead atoms. The van der Waals surface area contributed by atoms with Crippen molar-refractivity contribution in [1.82, 2.24) is 15.5 Å². The summed E-state index contributed by atoms with van der Waals surface area (Å²) in [6, 6.07) is 6.06. The van der Waals surface area contributed by atoms with Crippen molar-refractivity contribution in [3.63, 3.8) is 0 Å². The Morgan fingerprint density at radius 3 is 3.15 bits per heavy atom. The van der Waals surface area contributed by atoms with Gasteiger partial charge < -0.3 is 9.84 Å². The van der Waals surface area contributed by atoms with Gasteiger partial charge in [0.15, 0.2) is 5.82 Å². The molecule has 0 saturated carbocycles. The molecule has 0 radical (unpaired) electrons. The molecule has 2 aromatic rings. The third-order valence-corrected chi connectivity index (χ3v) is 4.81. The Labute approximate surface area is 127 Å². The molecule has 0 amide bonds. The number of aryl methyl sites for hydroxylation is 1. The maximum absolute atomic E-state index is 5.42. The Hall–Kier alpha value is -1.20. The van der Waals surface area contributed by atoms with Crippen LogP contribution in [-0.2, 0) is 6.42 Å². The second-order valence-corrected chi connectivity index (χ2v) is 6.16. The fourth-order valence-electron chi connectivity index (χ4n) is 2.62. The Morgan fingerprint density at radius 2 is 2.35 bits per heavy atom. The zero-order valence-electron chi connectivity index (χ0n) is 11.5. The van der Waals surface area contributed by atoms with Crippen LogP contribution in [0.25, 0.3) is 11.5 Å². The third kappa shape index (κ3) is 2.94. The van der Waals surface area contributed by atoms with Crippen molar-refractivity contribution in [2.75, 3.05) is 13.1 Å². The van der Waals surface area contributed by atoms with Crippen LogP contribution in [0.1, 0.15) is 24.2 Å². The molecule has 1 aliphatic rings. The lowest BCUT2D eigenvalue weighted by molar-refractivity contribution is 0.360. The number of nitrogens with zero attached hydrogens (tertiary/aromatic N) is 2. The van der Waals surface area contributed by atoms with E-state index in [2.05, 4.69) is 44.4 Å². The summed E-state index contributed by atoms with van der Waals surface area (Å²) in [5.74, 6) is 2.02. The molecule has 4 nitrogen and oxygen atoms in total. The van der Waals surface area contributed by atoms with E-state index in [9.17, 15) is 0 Å². The largest absolute Gasteiger partial charge is 0.334 e. The lowest BCUT2D eigenvalue weighted by Crippen LogP contribution is -2.31. The minimum absolute atomic E-state index is 0.597. The minimum atomic E-state index is 0.597. The maximum atomic E-state index is 5.42. The van der Waals surface area contributed by atoms with E-state index in [1.54, 1.807) is 0 Å². The fourth-order valence-corrected chi connectivity index (χ4v) is 3.05. The van der Waals surface area contributed by atoms with Crippen molar-refractivity contribution in [2.24, 2.45) is 5.92 Å². The summed E-state index contributed by atoms with van der Waals surface area (Å²) < 4.78 is 6.44. The normalized spacial score (nSPS) is 19.2. The van der Waals surface area contributed by atoms with Crippen molar-refractivity contribution in [3.05, 3.63) is 34.1 Å². The van der Waals surface area contributed by atoms with E-state index < -0.39 is 0 Å². The molecule has 3 rings (SSSR count). The Bertz CT molecular complexity index is 591. The third-order valence-electron chi connectivity index (χ3n) is 3.76. The summed E-state index contributed by atoms with van der Waals surface area (Å²) in [5.41, 5.74) is 2.13. The Kier molecular flexibility index (Phi) is 4.17. The molecule has 0 aliphatic carbocycles. The SMILES string of the molecule is Cc1cccc(-c2nc(CC3CCCNC3)no2)c1Br. The zero-order chi connectivity index (χ0) is 13.9. The number of nitrogens with one attached hydrogen (secondary N) is 1. The molecule has 1 N–H and O–H groups in total. The predicted octanol–water partition coefficient (Wildman–Crippen LogP) is 3.35. The first-order chi connectivity index (χ1) is 9.74. The molecular formula is C15H18BrN3O. The van der Waals surface area contributed by atoms with Gasteiger partial charge >= 0.3 is 0 Å².